The third-order valence-corrected chi connectivity index (χ3v) is 5.15. The molecule has 1 unspecified atom stereocenters. The molecular weight excluding hydrogens is 290 g/mol. The fourth-order valence-corrected chi connectivity index (χ4v) is 3.22. The van der Waals surface area contributed by atoms with Crippen LogP contribution in [0, 0.1) is 18.8 Å². The maximum Gasteiger partial charge on any atom is 0.254 e. The van der Waals surface area contributed by atoms with E-state index in [4.69, 9.17) is 0 Å². The number of nitrogens with one attached hydrogen (secondary N) is 2. The number of likely N-dealkylation sites (tertiary alicyclic amines) is 1. The van der Waals surface area contributed by atoms with Crippen LogP contribution in [0.3, 0.4) is 0 Å². The molecule has 1 aromatic rings. The molecule has 124 valence electrons. The molecule has 1 aromatic carbocycles. The zero-order chi connectivity index (χ0) is 16.4. The van der Waals surface area contributed by atoms with Gasteiger partial charge in [0.2, 0.25) is 5.91 Å². The molecule has 3 rings (SSSR count). The van der Waals surface area contributed by atoms with Crippen LogP contribution in [-0.4, -0.2) is 42.9 Å². The second kappa shape index (κ2) is 6.71. The van der Waals surface area contributed by atoms with E-state index in [1.54, 1.807) is 0 Å². The van der Waals surface area contributed by atoms with Gasteiger partial charge in [-0.15, -0.1) is 0 Å². The zero-order valence-corrected chi connectivity index (χ0v) is 13.9. The highest BCUT2D eigenvalue weighted by atomic mass is 16.2. The number of carbonyl (C=O) groups excluding carboxylic acids is 2. The van der Waals surface area contributed by atoms with Crippen LogP contribution in [0.25, 0.3) is 0 Å². The molecule has 5 heteroatoms. The molecule has 2 amide bonds. The van der Waals surface area contributed by atoms with Gasteiger partial charge in [-0.25, -0.2) is 0 Å². The van der Waals surface area contributed by atoms with Gasteiger partial charge in [0.25, 0.3) is 5.91 Å². The Labute approximate surface area is 137 Å². The summed E-state index contributed by atoms with van der Waals surface area (Å²) in [5.74, 6) is 0.496. The Morgan fingerprint density at radius 3 is 2.57 bits per heavy atom. The molecule has 2 N–H and O–H groups in total. The fourth-order valence-electron chi connectivity index (χ4n) is 3.22. The largest absolute Gasteiger partial charge is 0.339 e. The lowest BCUT2D eigenvalue weighted by Gasteiger charge is -2.31. The number of hydrogen-bond acceptors (Lipinski definition) is 3. The van der Waals surface area contributed by atoms with E-state index >= 15 is 0 Å². The summed E-state index contributed by atoms with van der Waals surface area (Å²) < 4.78 is 0. The quantitative estimate of drug-likeness (QED) is 0.893. The van der Waals surface area contributed by atoms with Crippen LogP contribution in [0.1, 0.15) is 35.7 Å². The average Bonchev–Trinajstić information content (AvgIpc) is 3.01. The molecule has 5 nitrogen and oxygen atoms in total. The van der Waals surface area contributed by atoms with Gasteiger partial charge in [0.1, 0.15) is 0 Å². The van der Waals surface area contributed by atoms with Crippen molar-refractivity contribution in [1.82, 2.24) is 10.2 Å². The van der Waals surface area contributed by atoms with Crippen molar-refractivity contribution in [2.45, 2.75) is 26.7 Å². The van der Waals surface area contributed by atoms with Crippen molar-refractivity contribution >= 4 is 17.5 Å². The van der Waals surface area contributed by atoms with E-state index in [9.17, 15) is 9.59 Å². The molecule has 0 bridgehead atoms. The number of anilines is 1. The van der Waals surface area contributed by atoms with Crippen molar-refractivity contribution in [3.05, 3.63) is 29.3 Å². The molecule has 2 fully saturated rings. The van der Waals surface area contributed by atoms with Crippen LogP contribution >= 0.6 is 0 Å². The zero-order valence-electron chi connectivity index (χ0n) is 13.9. The van der Waals surface area contributed by atoms with Crippen LogP contribution in [0.15, 0.2) is 18.2 Å². The first-order chi connectivity index (χ1) is 11.1. The summed E-state index contributed by atoms with van der Waals surface area (Å²) in [6.45, 7) is 7.35. The minimum absolute atomic E-state index is 0.0198. The van der Waals surface area contributed by atoms with Crippen molar-refractivity contribution in [2.24, 2.45) is 11.8 Å². The minimum atomic E-state index is -0.0198. The lowest BCUT2D eigenvalue weighted by Crippen LogP contribution is -2.48. The van der Waals surface area contributed by atoms with E-state index in [1.807, 2.05) is 36.9 Å². The highest BCUT2D eigenvalue weighted by molar-refractivity contribution is 5.99. The smallest absolute Gasteiger partial charge is 0.254 e. The van der Waals surface area contributed by atoms with Gasteiger partial charge in [-0.3, -0.25) is 9.59 Å². The van der Waals surface area contributed by atoms with Gasteiger partial charge in [0.05, 0.1) is 0 Å². The number of nitrogens with zero attached hydrogens (tertiary/aromatic N) is 1. The highest BCUT2D eigenvalue weighted by Gasteiger charge is 2.29. The third kappa shape index (κ3) is 3.24. The van der Waals surface area contributed by atoms with Gasteiger partial charge in [-0.1, -0.05) is 13.0 Å². The summed E-state index contributed by atoms with van der Waals surface area (Å²) in [6, 6.07) is 5.58. The number of rotatable bonds is 4. The average molecular weight is 315 g/mol. The number of hydrogen-bond donors (Lipinski definition) is 2. The Kier molecular flexibility index (Phi) is 4.66. The molecule has 2 aliphatic heterocycles. The van der Waals surface area contributed by atoms with Crippen molar-refractivity contribution in [2.75, 3.05) is 31.5 Å². The van der Waals surface area contributed by atoms with Crippen molar-refractivity contribution in [3.63, 3.8) is 0 Å². The van der Waals surface area contributed by atoms with Crippen LogP contribution in [0.4, 0.5) is 5.69 Å². The van der Waals surface area contributed by atoms with Gasteiger partial charge >= 0.3 is 0 Å². The monoisotopic (exact) mass is 315 g/mol. The summed E-state index contributed by atoms with van der Waals surface area (Å²) in [4.78, 5) is 26.9. The molecule has 0 aromatic heterocycles. The van der Waals surface area contributed by atoms with E-state index in [1.165, 1.54) is 0 Å². The van der Waals surface area contributed by atoms with Crippen LogP contribution in [0.2, 0.25) is 0 Å². The van der Waals surface area contributed by atoms with Crippen LogP contribution < -0.4 is 10.6 Å². The second-order valence-corrected chi connectivity index (χ2v) is 6.67. The first-order valence-electron chi connectivity index (χ1n) is 8.48. The predicted molar refractivity (Wildman–Crippen MR) is 90.5 cm³/mol. The number of amides is 2. The minimum Gasteiger partial charge on any atom is -0.339 e. The van der Waals surface area contributed by atoms with Crippen LogP contribution in [0.5, 0.6) is 0 Å². The van der Waals surface area contributed by atoms with Gasteiger partial charge < -0.3 is 15.5 Å². The molecule has 0 radical (unpaired) electrons. The molecule has 1 atom stereocenters. The maximum absolute atomic E-state index is 12.6. The molecule has 0 saturated carbocycles. The van der Waals surface area contributed by atoms with Gasteiger partial charge in [-0.05, 0) is 56.5 Å². The Morgan fingerprint density at radius 2 is 1.96 bits per heavy atom. The number of carbonyl (C=O) groups is 2. The molecule has 23 heavy (non-hydrogen) atoms. The van der Waals surface area contributed by atoms with Gasteiger partial charge in [0.15, 0.2) is 0 Å². The van der Waals surface area contributed by atoms with E-state index in [0.29, 0.717) is 11.5 Å². The topological polar surface area (TPSA) is 61.4 Å². The summed E-state index contributed by atoms with van der Waals surface area (Å²) >= 11 is 0. The summed E-state index contributed by atoms with van der Waals surface area (Å²) in [5, 5.41) is 6.20. The van der Waals surface area contributed by atoms with Gasteiger partial charge in [0, 0.05) is 30.3 Å². The van der Waals surface area contributed by atoms with E-state index in [0.717, 1.165) is 50.3 Å². The summed E-state index contributed by atoms with van der Waals surface area (Å²) in [7, 11) is 0. The molecule has 2 heterocycles. The predicted octanol–water partition coefficient (Wildman–Crippen LogP) is 2.03. The highest BCUT2D eigenvalue weighted by Crippen LogP contribution is 2.24. The van der Waals surface area contributed by atoms with Crippen molar-refractivity contribution in [3.8, 4) is 0 Å². The summed E-state index contributed by atoms with van der Waals surface area (Å²) in [5.41, 5.74) is 2.30. The van der Waals surface area contributed by atoms with Crippen molar-refractivity contribution < 1.29 is 9.59 Å². The molecule has 0 aliphatic carbocycles. The molecule has 2 aliphatic rings. The molecular formula is C18H25N3O2. The standard InChI is InChI=1S/C18H25N3O2/c1-12(14-10-19-11-14)17(22)20-16-7-5-6-15(13(16)2)18(23)21-8-3-4-9-21/h5-7,12,14,19H,3-4,8-11H2,1-2H3,(H,20,22). The molecule has 0 spiro atoms. The first-order valence-corrected chi connectivity index (χ1v) is 8.48. The Bertz CT molecular complexity index is 604. The maximum atomic E-state index is 12.6. The lowest BCUT2D eigenvalue weighted by molar-refractivity contribution is -0.121. The van der Waals surface area contributed by atoms with Crippen molar-refractivity contribution in [1.29, 1.82) is 0 Å². The van der Waals surface area contributed by atoms with E-state index in [2.05, 4.69) is 10.6 Å². The fraction of sp³-hybridized carbons (Fsp3) is 0.556. The normalized spacial score (nSPS) is 19.3. The Balaban J connectivity index is 1.73. The van der Waals surface area contributed by atoms with E-state index in [-0.39, 0.29) is 17.7 Å². The SMILES string of the molecule is Cc1c(NC(=O)C(C)C2CNC2)cccc1C(=O)N1CCCC1. The summed E-state index contributed by atoms with van der Waals surface area (Å²) in [6.07, 6.45) is 2.16. The molecule has 2 saturated heterocycles. The Hall–Kier alpha value is -1.88. The first kappa shape index (κ1) is 16.0. The number of benzene rings is 1. The third-order valence-electron chi connectivity index (χ3n) is 5.15. The lowest BCUT2D eigenvalue weighted by atomic mass is 9.88. The Morgan fingerprint density at radius 1 is 1.26 bits per heavy atom. The van der Waals surface area contributed by atoms with Crippen LogP contribution in [-0.2, 0) is 4.79 Å². The van der Waals surface area contributed by atoms with Gasteiger partial charge in [-0.2, -0.15) is 0 Å². The second-order valence-electron chi connectivity index (χ2n) is 6.67. The van der Waals surface area contributed by atoms with E-state index < -0.39 is 0 Å².